The fourth-order valence-electron chi connectivity index (χ4n) is 3.18. The number of nitrogens with zero attached hydrogens (tertiary/aromatic N) is 3. The van der Waals surface area contributed by atoms with E-state index in [1.54, 1.807) is 36.0 Å². The highest BCUT2D eigenvalue weighted by atomic mass is 32.2. The van der Waals surface area contributed by atoms with Gasteiger partial charge in [-0.25, -0.2) is 22.8 Å². The molecule has 0 unspecified atom stereocenters. The molecule has 0 saturated heterocycles. The van der Waals surface area contributed by atoms with Crippen LogP contribution in [0.4, 0.5) is 10.2 Å². The number of hydrogen-bond acceptors (Lipinski definition) is 7. The van der Waals surface area contributed by atoms with Gasteiger partial charge in [0, 0.05) is 29.6 Å². The summed E-state index contributed by atoms with van der Waals surface area (Å²) >= 11 is 1.36. The number of hydrogen-bond donors (Lipinski definition) is 1. The molecule has 0 aliphatic heterocycles. The summed E-state index contributed by atoms with van der Waals surface area (Å²) in [7, 11) is -1.54. The van der Waals surface area contributed by atoms with Crippen LogP contribution in [-0.2, 0) is 28.7 Å². The molecule has 0 radical (unpaired) electrons. The summed E-state index contributed by atoms with van der Waals surface area (Å²) < 4.78 is 40.1. The van der Waals surface area contributed by atoms with E-state index in [1.165, 1.54) is 17.4 Å². The fourth-order valence-corrected chi connectivity index (χ4v) is 5.32. The van der Waals surface area contributed by atoms with Crippen molar-refractivity contribution in [3.05, 3.63) is 69.6 Å². The number of sulfone groups is 1. The molecule has 0 aliphatic rings. The van der Waals surface area contributed by atoms with Crippen molar-refractivity contribution < 1.29 is 12.8 Å². The topological polar surface area (TPSA) is 75.2 Å². The lowest BCUT2D eigenvalue weighted by atomic mass is 10.0. The Morgan fingerprint density at radius 2 is 1.94 bits per heavy atom. The molecule has 0 aliphatic carbocycles. The molecule has 2 aromatic heterocycles. The third-order valence-corrected chi connectivity index (χ3v) is 7.82. The number of benzene rings is 1. The zero-order valence-corrected chi connectivity index (χ0v) is 20.6. The Hall–Kier alpha value is -2.36. The molecule has 0 fully saturated rings. The Morgan fingerprint density at radius 3 is 2.56 bits per heavy atom. The predicted molar refractivity (Wildman–Crippen MR) is 127 cm³/mol. The van der Waals surface area contributed by atoms with E-state index in [-0.39, 0.29) is 28.5 Å². The van der Waals surface area contributed by atoms with Crippen LogP contribution < -0.4 is 5.32 Å². The van der Waals surface area contributed by atoms with Crippen LogP contribution in [0.25, 0.3) is 0 Å². The summed E-state index contributed by atoms with van der Waals surface area (Å²) in [5, 5.41) is 4.87. The van der Waals surface area contributed by atoms with Crippen molar-refractivity contribution >= 4 is 27.0 Å². The summed E-state index contributed by atoms with van der Waals surface area (Å²) in [6.07, 6.45) is 0. The summed E-state index contributed by atoms with van der Waals surface area (Å²) in [5.74, 6) is 0.0519. The lowest BCUT2D eigenvalue weighted by molar-refractivity contribution is 0.167. The molecule has 1 N–H and O–H groups in total. The standard InChI is InChI=1S/C23H29FN4O2S2/c1-16-21(32(29,30)14-18-13-31-15-26-18)9-10-22(27-16)25-11-19-17(7-6-8-20(19)24)12-28(5)23(2,3)4/h6-10,13,15H,11-12,14H2,1-5H3,(H,25,27). The van der Waals surface area contributed by atoms with Gasteiger partial charge < -0.3 is 5.32 Å². The number of rotatable bonds is 8. The third kappa shape index (κ3) is 5.90. The maximum Gasteiger partial charge on any atom is 0.185 e. The van der Waals surface area contributed by atoms with Gasteiger partial charge in [-0.3, -0.25) is 4.90 Å². The summed E-state index contributed by atoms with van der Waals surface area (Å²) in [5.41, 5.74) is 3.95. The molecule has 0 atom stereocenters. The first-order valence-corrected chi connectivity index (χ1v) is 12.9. The lowest BCUT2D eigenvalue weighted by Crippen LogP contribution is -2.37. The smallest absolute Gasteiger partial charge is 0.185 e. The van der Waals surface area contributed by atoms with E-state index in [0.29, 0.717) is 29.3 Å². The number of nitrogens with one attached hydrogen (secondary N) is 1. The Morgan fingerprint density at radius 1 is 1.19 bits per heavy atom. The second-order valence-electron chi connectivity index (χ2n) is 8.78. The Balaban J connectivity index is 1.76. The van der Waals surface area contributed by atoms with Gasteiger partial charge in [-0.05, 0) is 58.5 Å². The third-order valence-electron chi connectivity index (χ3n) is 5.41. The van der Waals surface area contributed by atoms with Gasteiger partial charge in [-0.15, -0.1) is 11.3 Å². The maximum atomic E-state index is 14.6. The molecule has 0 saturated carbocycles. The van der Waals surface area contributed by atoms with E-state index in [0.717, 1.165) is 5.56 Å². The summed E-state index contributed by atoms with van der Waals surface area (Å²) in [6.45, 7) is 8.85. The second-order valence-corrected chi connectivity index (χ2v) is 11.5. The van der Waals surface area contributed by atoms with Crippen molar-refractivity contribution in [2.45, 2.75) is 57.0 Å². The van der Waals surface area contributed by atoms with Crippen molar-refractivity contribution in [1.82, 2.24) is 14.9 Å². The minimum Gasteiger partial charge on any atom is -0.366 e. The first-order chi connectivity index (χ1) is 15.0. The predicted octanol–water partition coefficient (Wildman–Crippen LogP) is 4.80. The van der Waals surface area contributed by atoms with Crippen LogP contribution in [0.2, 0.25) is 0 Å². The quantitative estimate of drug-likeness (QED) is 0.503. The van der Waals surface area contributed by atoms with Crippen LogP contribution >= 0.6 is 11.3 Å². The van der Waals surface area contributed by atoms with Crippen LogP contribution in [0.3, 0.4) is 0 Å². The Labute approximate surface area is 193 Å². The molecule has 9 heteroatoms. The van der Waals surface area contributed by atoms with Crippen LogP contribution in [0.15, 0.2) is 46.1 Å². The van der Waals surface area contributed by atoms with Gasteiger partial charge in [-0.2, -0.15) is 0 Å². The number of halogens is 1. The van der Waals surface area contributed by atoms with Crippen LogP contribution in [0.1, 0.15) is 43.3 Å². The average Bonchev–Trinajstić information content (AvgIpc) is 3.19. The van der Waals surface area contributed by atoms with E-state index >= 15 is 0 Å². The van der Waals surface area contributed by atoms with Crippen molar-refractivity contribution in [1.29, 1.82) is 0 Å². The van der Waals surface area contributed by atoms with Crippen molar-refractivity contribution in [3.63, 3.8) is 0 Å². The SMILES string of the molecule is Cc1nc(NCc2c(F)cccc2CN(C)C(C)(C)C)ccc1S(=O)(=O)Cc1cscn1. The molecular weight excluding hydrogens is 447 g/mol. The van der Waals surface area contributed by atoms with Gasteiger partial charge in [0.2, 0.25) is 0 Å². The number of aromatic nitrogens is 2. The van der Waals surface area contributed by atoms with Crippen LogP contribution in [0.5, 0.6) is 0 Å². The highest BCUT2D eigenvalue weighted by Gasteiger charge is 2.21. The lowest BCUT2D eigenvalue weighted by Gasteiger charge is -2.32. The molecule has 3 aromatic rings. The Bertz CT molecular complexity index is 1170. The van der Waals surface area contributed by atoms with Gasteiger partial charge in [-0.1, -0.05) is 12.1 Å². The first-order valence-electron chi connectivity index (χ1n) is 10.3. The zero-order valence-electron chi connectivity index (χ0n) is 19.0. The van der Waals surface area contributed by atoms with E-state index in [1.807, 2.05) is 13.1 Å². The number of anilines is 1. The fraction of sp³-hybridized carbons (Fsp3) is 0.391. The summed E-state index contributed by atoms with van der Waals surface area (Å²) in [4.78, 5) is 10.8. The largest absolute Gasteiger partial charge is 0.366 e. The molecule has 0 bridgehead atoms. The zero-order chi connectivity index (χ0) is 23.5. The van der Waals surface area contributed by atoms with E-state index in [9.17, 15) is 12.8 Å². The normalized spacial score (nSPS) is 12.3. The highest BCUT2D eigenvalue weighted by Crippen LogP contribution is 2.23. The highest BCUT2D eigenvalue weighted by molar-refractivity contribution is 7.90. The number of thiazole rings is 1. The van der Waals surface area contributed by atoms with E-state index in [4.69, 9.17) is 0 Å². The van der Waals surface area contributed by atoms with Gasteiger partial charge in [0.05, 0.1) is 27.5 Å². The molecule has 0 amide bonds. The van der Waals surface area contributed by atoms with Crippen LogP contribution in [-0.4, -0.2) is 35.9 Å². The minimum absolute atomic E-state index is 0.0461. The van der Waals surface area contributed by atoms with Crippen molar-refractivity contribution in [2.75, 3.05) is 12.4 Å². The molecule has 2 heterocycles. The first kappa shape index (κ1) is 24.3. The van der Waals surface area contributed by atoms with Crippen molar-refractivity contribution in [3.8, 4) is 0 Å². The minimum atomic E-state index is -3.55. The van der Waals surface area contributed by atoms with Gasteiger partial charge >= 0.3 is 0 Å². The average molecular weight is 477 g/mol. The molecule has 172 valence electrons. The van der Waals surface area contributed by atoms with Crippen LogP contribution in [0, 0.1) is 12.7 Å². The van der Waals surface area contributed by atoms with Gasteiger partial charge in [0.15, 0.2) is 9.84 Å². The second kappa shape index (κ2) is 9.64. The number of pyridine rings is 1. The number of aryl methyl sites for hydroxylation is 1. The molecular formula is C23H29FN4O2S2. The summed E-state index contributed by atoms with van der Waals surface area (Å²) in [6, 6.07) is 8.25. The monoisotopic (exact) mass is 476 g/mol. The van der Waals surface area contributed by atoms with Crippen molar-refractivity contribution in [2.24, 2.45) is 0 Å². The molecule has 0 spiro atoms. The molecule has 32 heavy (non-hydrogen) atoms. The van der Waals surface area contributed by atoms with E-state index < -0.39 is 9.84 Å². The molecule has 3 rings (SSSR count). The molecule has 1 aromatic carbocycles. The van der Waals surface area contributed by atoms with E-state index in [2.05, 4.69) is 41.0 Å². The maximum absolute atomic E-state index is 14.6. The van der Waals surface area contributed by atoms with Gasteiger partial charge in [0.25, 0.3) is 0 Å². The van der Waals surface area contributed by atoms with Gasteiger partial charge in [0.1, 0.15) is 11.6 Å². The molecule has 6 nitrogen and oxygen atoms in total. The Kier molecular flexibility index (Phi) is 7.32.